The predicted octanol–water partition coefficient (Wildman–Crippen LogP) is 3.37. The fraction of sp³-hybridized carbons (Fsp3) is 0.231. The average molecular weight is 355 g/mol. The van der Waals surface area contributed by atoms with Crippen LogP contribution in [0.4, 0.5) is 5.95 Å². The lowest BCUT2D eigenvalue weighted by Crippen LogP contribution is -2.05. The molecule has 20 heavy (non-hydrogen) atoms. The highest BCUT2D eigenvalue weighted by molar-refractivity contribution is 9.10. The number of imidazole rings is 1. The highest BCUT2D eigenvalue weighted by Gasteiger charge is 2.19. The molecule has 0 radical (unpaired) electrons. The summed E-state index contributed by atoms with van der Waals surface area (Å²) in [6, 6.07) is 3.84. The molecule has 7 heteroatoms. The minimum absolute atomic E-state index is 0.414. The van der Waals surface area contributed by atoms with E-state index in [4.69, 9.17) is 17.3 Å². The summed E-state index contributed by atoms with van der Waals surface area (Å²) in [5.74, 6) is 0.414. The number of rotatable bonds is 1. The van der Waals surface area contributed by atoms with Crippen LogP contribution in [0.2, 0.25) is 5.02 Å². The summed E-state index contributed by atoms with van der Waals surface area (Å²) >= 11 is 9.79. The zero-order valence-electron chi connectivity index (χ0n) is 11.3. The van der Waals surface area contributed by atoms with E-state index in [0.29, 0.717) is 11.0 Å². The molecule has 0 fully saturated rings. The Kier molecular flexibility index (Phi) is 3.02. The fourth-order valence-electron chi connectivity index (χ4n) is 2.33. The van der Waals surface area contributed by atoms with Crippen molar-refractivity contribution in [2.45, 2.75) is 13.8 Å². The van der Waals surface area contributed by atoms with Crippen LogP contribution < -0.4 is 5.73 Å². The number of nitrogens with two attached hydrogens (primary N) is 1. The number of benzene rings is 1. The van der Waals surface area contributed by atoms with Crippen LogP contribution in [0.5, 0.6) is 0 Å². The smallest absolute Gasteiger partial charge is 0.207 e. The topological polar surface area (TPSA) is 61.7 Å². The van der Waals surface area contributed by atoms with E-state index < -0.39 is 0 Å². The molecular weight excluding hydrogens is 342 g/mol. The van der Waals surface area contributed by atoms with Crippen LogP contribution in [-0.4, -0.2) is 19.3 Å². The van der Waals surface area contributed by atoms with Crippen molar-refractivity contribution in [2.24, 2.45) is 7.05 Å². The van der Waals surface area contributed by atoms with Crippen LogP contribution in [0.15, 0.2) is 16.6 Å². The SMILES string of the molecule is Cc1cc(Br)c(-n2c(N)nc3c(C)nn(C)c32)cc1Cl. The standard InChI is InChI=1S/C13H13BrClN5/c1-6-4-8(14)10(5-9(6)15)20-12-11(17-13(20)16)7(2)18-19(12)3/h4-5H,1-3H3,(H2,16,17). The lowest BCUT2D eigenvalue weighted by atomic mass is 10.2. The summed E-state index contributed by atoms with van der Waals surface area (Å²) in [5.41, 5.74) is 10.4. The van der Waals surface area contributed by atoms with Crippen molar-refractivity contribution in [3.05, 3.63) is 32.9 Å². The number of fused-ring (bicyclic) bond motifs is 1. The maximum absolute atomic E-state index is 6.23. The van der Waals surface area contributed by atoms with Gasteiger partial charge in [-0.25, -0.2) is 9.67 Å². The number of nitrogen functional groups attached to an aromatic ring is 1. The normalized spacial score (nSPS) is 11.4. The van der Waals surface area contributed by atoms with Crippen molar-refractivity contribution in [1.82, 2.24) is 19.3 Å². The van der Waals surface area contributed by atoms with Gasteiger partial charge >= 0.3 is 0 Å². The highest BCUT2D eigenvalue weighted by atomic mass is 79.9. The molecule has 0 aliphatic rings. The largest absolute Gasteiger partial charge is 0.369 e. The number of hydrogen-bond donors (Lipinski definition) is 1. The second-order valence-electron chi connectivity index (χ2n) is 4.74. The summed E-state index contributed by atoms with van der Waals surface area (Å²) in [6.45, 7) is 3.87. The van der Waals surface area contributed by atoms with E-state index in [1.807, 2.05) is 37.6 Å². The van der Waals surface area contributed by atoms with Gasteiger partial charge in [0.25, 0.3) is 0 Å². The summed E-state index contributed by atoms with van der Waals surface area (Å²) in [6.07, 6.45) is 0. The third-order valence-corrected chi connectivity index (χ3v) is 4.34. The molecule has 104 valence electrons. The van der Waals surface area contributed by atoms with Gasteiger partial charge in [-0.15, -0.1) is 0 Å². The zero-order valence-corrected chi connectivity index (χ0v) is 13.6. The minimum atomic E-state index is 0.414. The van der Waals surface area contributed by atoms with Gasteiger partial charge < -0.3 is 5.73 Å². The van der Waals surface area contributed by atoms with E-state index in [1.54, 1.807) is 4.68 Å². The Balaban J connectivity index is 2.40. The Morgan fingerprint density at radius 3 is 2.70 bits per heavy atom. The number of aryl methyl sites for hydroxylation is 3. The van der Waals surface area contributed by atoms with Gasteiger partial charge in [0, 0.05) is 16.5 Å². The van der Waals surface area contributed by atoms with E-state index in [9.17, 15) is 0 Å². The minimum Gasteiger partial charge on any atom is -0.369 e. The summed E-state index contributed by atoms with van der Waals surface area (Å²) < 4.78 is 4.53. The molecule has 3 aromatic rings. The molecule has 0 saturated heterocycles. The van der Waals surface area contributed by atoms with E-state index in [-0.39, 0.29) is 0 Å². The summed E-state index contributed by atoms with van der Waals surface area (Å²) in [7, 11) is 1.87. The van der Waals surface area contributed by atoms with Crippen LogP contribution >= 0.6 is 27.5 Å². The second kappa shape index (κ2) is 4.49. The third kappa shape index (κ3) is 1.83. The van der Waals surface area contributed by atoms with Crippen molar-refractivity contribution in [1.29, 1.82) is 0 Å². The zero-order chi connectivity index (χ0) is 14.6. The quantitative estimate of drug-likeness (QED) is 0.729. The summed E-state index contributed by atoms with van der Waals surface area (Å²) in [5, 5.41) is 5.06. The predicted molar refractivity (Wildman–Crippen MR) is 84.4 cm³/mol. The molecule has 0 atom stereocenters. The van der Waals surface area contributed by atoms with Crippen LogP contribution in [0, 0.1) is 13.8 Å². The third-order valence-electron chi connectivity index (χ3n) is 3.30. The first kappa shape index (κ1) is 13.5. The summed E-state index contributed by atoms with van der Waals surface area (Å²) in [4.78, 5) is 4.40. The Hall–Kier alpha value is -1.53. The first-order valence-electron chi connectivity index (χ1n) is 6.03. The first-order valence-corrected chi connectivity index (χ1v) is 7.20. The van der Waals surface area contributed by atoms with E-state index in [0.717, 1.165) is 32.6 Å². The Labute approximate surface area is 129 Å². The van der Waals surface area contributed by atoms with Crippen LogP contribution in [0.1, 0.15) is 11.3 Å². The highest BCUT2D eigenvalue weighted by Crippen LogP contribution is 2.32. The van der Waals surface area contributed by atoms with Gasteiger partial charge in [0.15, 0.2) is 5.65 Å². The Bertz CT molecular complexity index is 833. The number of halogens is 2. The van der Waals surface area contributed by atoms with Crippen LogP contribution in [0.3, 0.4) is 0 Å². The van der Waals surface area contributed by atoms with Gasteiger partial charge in [-0.05, 0) is 47.5 Å². The molecule has 3 rings (SSSR count). The molecule has 2 aromatic heterocycles. The molecule has 0 unspecified atom stereocenters. The van der Waals surface area contributed by atoms with Crippen molar-refractivity contribution in [3.8, 4) is 5.69 Å². The monoisotopic (exact) mass is 353 g/mol. The molecule has 2 heterocycles. The number of anilines is 1. The molecule has 0 aliphatic heterocycles. The van der Waals surface area contributed by atoms with Crippen LogP contribution in [0.25, 0.3) is 16.9 Å². The van der Waals surface area contributed by atoms with Crippen LogP contribution in [-0.2, 0) is 7.05 Å². The molecular formula is C13H13BrClN5. The van der Waals surface area contributed by atoms with Gasteiger partial charge in [0.1, 0.15) is 5.52 Å². The number of aromatic nitrogens is 4. The van der Waals surface area contributed by atoms with Crippen molar-refractivity contribution < 1.29 is 0 Å². The van der Waals surface area contributed by atoms with Gasteiger partial charge in [0.2, 0.25) is 5.95 Å². The lowest BCUT2D eigenvalue weighted by molar-refractivity contribution is 0.762. The van der Waals surface area contributed by atoms with Crippen molar-refractivity contribution >= 4 is 44.6 Å². The maximum atomic E-state index is 6.23. The van der Waals surface area contributed by atoms with Gasteiger partial charge in [-0.2, -0.15) is 5.10 Å². The molecule has 0 spiro atoms. The van der Waals surface area contributed by atoms with E-state index in [2.05, 4.69) is 26.0 Å². The van der Waals surface area contributed by atoms with E-state index in [1.165, 1.54) is 0 Å². The Morgan fingerprint density at radius 2 is 2.00 bits per heavy atom. The molecule has 0 amide bonds. The molecule has 5 nitrogen and oxygen atoms in total. The number of hydrogen-bond acceptors (Lipinski definition) is 3. The molecule has 0 saturated carbocycles. The van der Waals surface area contributed by atoms with Crippen molar-refractivity contribution in [2.75, 3.05) is 5.73 Å². The van der Waals surface area contributed by atoms with Gasteiger partial charge in [-0.3, -0.25) is 4.57 Å². The Morgan fingerprint density at radius 1 is 1.30 bits per heavy atom. The molecule has 0 aliphatic carbocycles. The van der Waals surface area contributed by atoms with Crippen molar-refractivity contribution in [3.63, 3.8) is 0 Å². The molecule has 1 aromatic carbocycles. The molecule has 0 bridgehead atoms. The van der Waals surface area contributed by atoms with Gasteiger partial charge in [-0.1, -0.05) is 11.6 Å². The molecule has 2 N–H and O–H groups in total. The first-order chi connectivity index (χ1) is 9.40. The number of nitrogens with zero attached hydrogens (tertiary/aromatic N) is 4. The maximum Gasteiger partial charge on any atom is 0.207 e. The van der Waals surface area contributed by atoms with E-state index >= 15 is 0 Å². The fourth-order valence-corrected chi connectivity index (χ4v) is 3.13. The lowest BCUT2D eigenvalue weighted by Gasteiger charge is -2.11. The van der Waals surface area contributed by atoms with Gasteiger partial charge in [0.05, 0.1) is 11.4 Å². The average Bonchev–Trinajstić information content (AvgIpc) is 2.83. The second-order valence-corrected chi connectivity index (χ2v) is 6.00.